The minimum absolute atomic E-state index is 0.399. The lowest BCUT2D eigenvalue weighted by Gasteiger charge is -2.06. The van der Waals surface area contributed by atoms with Crippen LogP contribution in [0.15, 0.2) is 0 Å². The third-order valence-corrected chi connectivity index (χ3v) is 2.84. The maximum atomic E-state index is 5.50. The van der Waals surface area contributed by atoms with Gasteiger partial charge in [0.1, 0.15) is 5.82 Å². The average Bonchev–Trinajstić information content (AvgIpc) is 2.71. The highest BCUT2D eigenvalue weighted by atomic mass is 32.1. The number of nitrogens with one attached hydrogen (secondary N) is 1. The van der Waals surface area contributed by atoms with Crippen LogP contribution in [-0.2, 0) is 4.74 Å². The van der Waals surface area contributed by atoms with Crippen LogP contribution in [0.3, 0.4) is 0 Å². The molecule has 1 aromatic rings. The van der Waals surface area contributed by atoms with Gasteiger partial charge in [-0.3, -0.25) is 0 Å². The van der Waals surface area contributed by atoms with E-state index in [4.69, 9.17) is 4.74 Å². The molecule has 0 atom stereocenters. The summed E-state index contributed by atoms with van der Waals surface area (Å²) < 4.78 is 9.79. The van der Waals surface area contributed by atoms with Gasteiger partial charge in [0.25, 0.3) is 0 Å². The molecule has 0 aliphatic heterocycles. The first kappa shape index (κ1) is 14.4. The highest BCUT2D eigenvalue weighted by Crippen LogP contribution is 2.16. The molecule has 1 aromatic heterocycles. The molecule has 0 saturated carbocycles. The van der Waals surface area contributed by atoms with E-state index in [1.807, 2.05) is 0 Å². The monoisotopic (exact) mass is 257 g/mol. The van der Waals surface area contributed by atoms with Gasteiger partial charge >= 0.3 is 0 Å². The molecule has 0 bridgehead atoms. The summed E-state index contributed by atoms with van der Waals surface area (Å²) in [5.41, 5.74) is 0. The highest BCUT2D eigenvalue weighted by molar-refractivity contribution is 7.09. The third kappa shape index (κ3) is 5.98. The van der Waals surface area contributed by atoms with Crippen LogP contribution in [0.2, 0.25) is 0 Å². The number of aromatic nitrogens is 2. The molecule has 98 valence electrons. The van der Waals surface area contributed by atoms with Crippen molar-refractivity contribution in [3.05, 3.63) is 5.82 Å². The predicted molar refractivity (Wildman–Crippen MR) is 72.8 cm³/mol. The molecular weight excluding hydrogens is 234 g/mol. The van der Waals surface area contributed by atoms with Crippen LogP contribution in [0.5, 0.6) is 0 Å². The molecule has 0 amide bonds. The van der Waals surface area contributed by atoms with Crippen LogP contribution in [0, 0.1) is 5.92 Å². The second-order valence-electron chi connectivity index (χ2n) is 4.86. The van der Waals surface area contributed by atoms with Crippen molar-refractivity contribution in [3.63, 3.8) is 0 Å². The topological polar surface area (TPSA) is 47.0 Å². The van der Waals surface area contributed by atoms with Gasteiger partial charge in [0.05, 0.1) is 0 Å². The van der Waals surface area contributed by atoms with Gasteiger partial charge in [-0.05, 0) is 12.3 Å². The molecule has 1 rings (SSSR count). The second kappa shape index (κ2) is 7.61. The summed E-state index contributed by atoms with van der Waals surface area (Å²) in [6, 6.07) is 0. The van der Waals surface area contributed by atoms with Crippen LogP contribution in [-0.4, -0.2) is 29.1 Å². The molecule has 17 heavy (non-hydrogen) atoms. The summed E-state index contributed by atoms with van der Waals surface area (Å²) in [7, 11) is 0. The van der Waals surface area contributed by atoms with Crippen molar-refractivity contribution in [1.29, 1.82) is 0 Å². The fourth-order valence-corrected chi connectivity index (χ4v) is 1.96. The summed E-state index contributed by atoms with van der Waals surface area (Å²) in [6.45, 7) is 11.1. The number of anilines is 1. The van der Waals surface area contributed by atoms with E-state index in [0.29, 0.717) is 11.8 Å². The first-order valence-electron chi connectivity index (χ1n) is 6.24. The quantitative estimate of drug-likeness (QED) is 0.727. The third-order valence-electron chi connectivity index (χ3n) is 2.15. The molecule has 0 radical (unpaired) electrons. The van der Waals surface area contributed by atoms with Crippen molar-refractivity contribution in [2.45, 2.75) is 40.0 Å². The van der Waals surface area contributed by atoms with Crippen molar-refractivity contribution < 1.29 is 4.74 Å². The number of nitrogens with zero attached hydrogens (tertiary/aromatic N) is 2. The molecule has 0 aliphatic carbocycles. The lowest BCUT2D eigenvalue weighted by molar-refractivity contribution is 0.110. The number of ether oxygens (including phenoxy) is 1. The summed E-state index contributed by atoms with van der Waals surface area (Å²) in [4.78, 5) is 4.41. The van der Waals surface area contributed by atoms with Crippen LogP contribution in [0.4, 0.5) is 5.13 Å². The Labute approximate surface area is 108 Å². The number of hydrogen-bond acceptors (Lipinski definition) is 5. The summed E-state index contributed by atoms with van der Waals surface area (Å²) in [5.74, 6) is 1.93. The molecule has 0 saturated heterocycles. The molecular formula is C12H23N3OS. The molecule has 1 N–H and O–H groups in total. The van der Waals surface area contributed by atoms with Crippen molar-refractivity contribution in [1.82, 2.24) is 9.36 Å². The Hall–Kier alpha value is -0.680. The van der Waals surface area contributed by atoms with Crippen LogP contribution < -0.4 is 5.32 Å². The summed E-state index contributed by atoms with van der Waals surface area (Å²) in [6.07, 6.45) is 1.00. The lowest BCUT2D eigenvalue weighted by atomic mass is 10.2. The van der Waals surface area contributed by atoms with Crippen molar-refractivity contribution in [2.75, 3.05) is 25.1 Å². The molecule has 0 unspecified atom stereocenters. The first-order valence-corrected chi connectivity index (χ1v) is 7.02. The SMILES string of the molecule is CC(C)COCCCNc1nc(C(C)C)ns1. The van der Waals surface area contributed by atoms with Crippen LogP contribution >= 0.6 is 11.5 Å². The van der Waals surface area contributed by atoms with Crippen molar-refractivity contribution in [3.8, 4) is 0 Å². The Kier molecular flexibility index (Phi) is 6.44. The van der Waals surface area contributed by atoms with E-state index in [1.165, 1.54) is 11.5 Å². The normalized spacial score (nSPS) is 11.4. The van der Waals surface area contributed by atoms with Gasteiger partial charge in [-0.2, -0.15) is 4.37 Å². The van der Waals surface area contributed by atoms with E-state index in [-0.39, 0.29) is 0 Å². The Morgan fingerprint density at radius 2 is 2.06 bits per heavy atom. The molecule has 0 aliphatic rings. The molecule has 0 spiro atoms. The van der Waals surface area contributed by atoms with Gasteiger partial charge in [-0.15, -0.1) is 0 Å². The Bertz CT molecular complexity index is 312. The van der Waals surface area contributed by atoms with Gasteiger partial charge in [0.2, 0.25) is 5.13 Å². The Balaban J connectivity index is 2.09. The van der Waals surface area contributed by atoms with E-state index < -0.39 is 0 Å². The van der Waals surface area contributed by atoms with E-state index in [2.05, 4.69) is 42.4 Å². The van der Waals surface area contributed by atoms with Gasteiger partial charge in [-0.25, -0.2) is 4.98 Å². The zero-order valence-electron chi connectivity index (χ0n) is 11.2. The van der Waals surface area contributed by atoms with Crippen LogP contribution in [0.25, 0.3) is 0 Å². The highest BCUT2D eigenvalue weighted by Gasteiger charge is 2.06. The largest absolute Gasteiger partial charge is 0.381 e. The standard InChI is InChI=1S/C12H23N3OS/c1-9(2)8-16-7-5-6-13-12-14-11(10(3)4)15-17-12/h9-10H,5-8H2,1-4H3,(H,13,14,15). The van der Waals surface area contributed by atoms with E-state index in [0.717, 1.165) is 37.1 Å². The zero-order chi connectivity index (χ0) is 12.7. The van der Waals surface area contributed by atoms with Crippen LogP contribution in [0.1, 0.15) is 45.9 Å². The molecule has 0 fully saturated rings. The second-order valence-corrected chi connectivity index (χ2v) is 5.61. The van der Waals surface area contributed by atoms with Gasteiger partial charge < -0.3 is 10.1 Å². The maximum absolute atomic E-state index is 5.50. The lowest BCUT2D eigenvalue weighted by Crippen LogP contribution is -2.08. The average molecular weight is 257 g/mol. The smallest absolute Gasteiger partial charge is 0.202 e. The molecule has 4 nitrogen and oxygen atoms in total. The molecule has 5 heteroatoms. The zero-order valence-corrected chi connectivity index (χ0v) is 12.0. The summed E-state index contributed by atoms with van der Waals surface area (Å²) in [5, 5.41) is 4.19. The first-order chi connectivity index (χ1) is 8.09. The van der Waals surface area contributed by atoms with Gasteiger partial charge in [-0.1, -0.05) is 27.7 Å². The number of rotatable bonds is 8. The number of hydrogen-bond donors (Lipinski definition) is 1. The predicted octanol–water partition coefficient (Wildman–Crippen LogP) is 3.14. The van der Waals surface area contributed by atoms with Gasteiger partial charge in [0.15, 0.2) is 0 Å². The Morgan fingerprint density at radius 3 is 2.65 bits per heavy atom. The fourth-order valence-electron chi connectivity index (χ4n) is 1.23. The minimum atomic E-state index is 0.399. The Morgan fingerprint density at radius 1 is 1.29 bits per heavy atom. The van der Waals surface area contributed by atoms with Gasteiger partial charge in [0, 0.05) is 37.2 Å². The molecule has 1 heterocycles. The van der Waals surface area contributed by atoms with E-state index >= 15 is 0 Å². The minimum Gasteiger partial charge on any atom is -0.381 e. The van der Waals surface area contributed by atoms with Crippen molar-refractivity contribution in [2.24, 2.45) is 5.92 Å². The fraction of sp³-hybridized carbons (Fsp3) is 0.833. The van der Waals surface area contributed by atoms with E-state index in [1.54, 1.807) is 0 Å². The van der Waals surface area contributed by atoms with E-state index in [9.17, 15) is 0 Å². The summed E-state index contributed by atoms with van der Waals surface area (Å²) >= 11 is 1.43. The van der Waals surface area contributed by atoms with Crippen molar-refractivity contribution >= 4 is 16.7 Å². The maximum Gasteiger partial charge on any atom is 0.202 e. The molecule has 0 aromatic carbocycles.